The Bertz CT molecular complexity index is 1020. The van der Waals surface area contributed by atoms with Crippen molar-refractivity contribution in [2.24, 2.45) is 0 Å². The highest BCUT2D eigenvalue weighted by Gasteiger charge is 2.14. The highest BCUT2D eigenvalue weighted by molar-refractivity contribution is 5.44. The van der Waals surface area contributed by atoms with Gasteiger partial charge in [0.25, 0.3) is 0 Å². The summed E-state index contributed by atoms with van der Waals surface area (Å²) in [5.74, 6) is 2.02. The summed E-state index contributed by atoms with van der Waals surface area (Å²) in [6.07, 6.45) is 1.66. The number of nitrogens with zero attached hydrogens (tertiary/aromatic N) is 4. The van der Waals surface area contributed by atoms with Crippen molar-refractivity contribution in [1.82, 2.24) is 25.5 Å². The zero-order valence-electron chi connectivity index (χ0n) is 15.7. The molecule has 4 rings (SSSR count). The second kappa shape index (κ2) is 9.72. The van der Waals surface area contributed by atoms with Gasteiger partial charge >= 0.3 is 6.01 Å². The predicted molar refractivity (Wildman–Crippen MR) is 101 cm³/mol. The lowest BCUT2D eigenvalue weighted by molar-refractivity contribution is -0.00000713. The van der Waals surface area contributed by atoms with E-state index in [1.165, 1.54) is 4.68 Å². The molecule has 4 aromatic rings. The van der Waals surface area contributed by atoms with E-state index in [2.05, 4.69) is 20.8 Å². The number of para-hydroxylation sites is 1. The van der Waals surface area contributed by atoms with Gasteiger partial charge in [-0.1, -0.05) is 29.4 Å². The zero-order chi connectivity index (χ0) is 19.2. The molecule has 0 unspecified atom stereocenters. The Morgan fingerprint density at radius 1 is 1.00 bits per heavy atom. The molecular weight excluding hydrogens is 394 g/mol. The van der Waals surface area contributed by atoms with Crippen LogP contribution >= 0.6 is 0 Å². The molecule has 1 N–H and O–H groups in total. The number of halogens is 1. The minimum Gasteiger partial charge on any atom is -1.00 e. The number of ether oxygens (including phenoxy) is 2. The van der Waals surface area contributed by atoms with Gasteiger partial charge < -0.3 is 31.6 Å². The number of rotatable bonds is 8. The van der Waals surface area contributed by atoms with Gasteiger partial charge in [0.15, 0.2) is 11.5 Å². The molecule has 0 aliphatic rings. The Labute approximate surface area is 173 Å². The number of tetrazole rings is 1. The van der Waals surface area contributed by atoms with Crippen LogP contribution in [0.15, 0.2) is 71.3 Å². The lowest BCUT2D eigenvalue weighted by Crippen LogP contribution is -3.00. The third kappa shape index (κ3) is 4.92. The van der Waals surface area contributed by atoms with Crippen LogP contribution in [0.2, 0.25) is 0 Å². The second-order valence-corrected chi connectivity index (χ2v) is 5.98. The molecule has 29 heavy (non-hydrogen) atoms. The molecule has 0 fully saturated rings. The topological polar surface area (TPSA) is 87.2 Å². The van der Waals surface area contributed by atoms with Gasteiger partial charge in [-0.3, -0.25) is 0 Å². The summed E-state index contributed by atoms with van der Waals surface area (Å²) >= 11 is 0. The summed E-state index contributed by atoms with van der Waals surface area (Å²) in [6, 6.07) is 19.3. The quantitative estimate of drug-likeness (QED) is 0.447. The molecule has 2 heterocycles. The molecular formula is C20H19ClN5O3-. The van der Waals surface area contributed by atoms with Crippen molar-refractivity contribution in [2.75, 3.05) is 7.11 Å². The molecule has 0 atom stereocenters. The fraction of sp³-hybridized carbons (Fsp3) is 0.150. The zero-order valence-corrected chi connectivity index (χ0v) is 16.4. The average molecular weight is 413 g/mol. The molecule has 2 aromatic heterocycles. The van der Waals surface area contributed by atoms with E-state index in [0.717, 1.165) is 17.0 Å². The van der Waals surface area contributed by atoms with Crippen LogP contribution in [0.1, 0.15) is 11.3 Å². The normalized spacial score (nSPS) is 10.4. The standard InChI is InChI=1S/C20H19N5O3.ClH/c1-26-19-12-15(13-21-14-17-8-5-11-27-17)9-10-18(19)28-20-22-23-24-25(20)16-6-3-2-4-7-16;/h2-12,21H,13-14H2,1H3;1H/p-1. The fourth-order valence-corrected chi connectivity index (χ4v) is 2.72. The van der Waals surface area contributed by atoms with Gasteiger partial charge in [0.05, 0.1) is 25.6 Å². The van der Waals surface area contributed by atoms with E-state index in [4.69, 9.17) is 13.9 Å². The molecule has 0 aliphatic carbocycles. The monoisotopic (exact) mass is 412 g/mol. The van der Waals surface area contributed by atoms with Crippen molar-refractivity contribution in [1.29, 1.82) is 0 Å². The number of furan rings is 1. The Balaban J connectivity index is 0.00000240. The Morgan fingerprint density at radius 3 is 2.62 bits per heavy atom. The molecule has 0 bridgehead atoms. The van der Waals surface area contributed by atoms with Gasteiger partial charge in [-0.2, -0.15) is 4.68 Å². The van der Waals surface area contributed by atoms with Crippen molar-refractivity contribution in [3.05, 3.63) is 78.3 Å². The Morgan fingerprint density at radius 2 is 1.86 bits per heavy atom. The van der Waals surface area contributed by atoms with Crippen LogP contribution in [-0.2, 0) is 13.1 Å². The summed E-state index contributed by atoms with van der Waals surface area (Å²) in [4.78, 5) is 0. The minimum absolute atomic E-state index is 0. The van der Waals surface area contributed by atoms with Gasteiger partial charge in [-0.25, -0.2) is 0 Å². The molecule has 0 aliphatic heterocycles. The highest BCUT2D eigenvalue weighted by Crippen LogP contribution is 2.32. The van der Waals surface area contributed by atoms with E-state index >= 15 is 0 Å². The number of methoxy groups -OCH3 is 1. The fourth-order valence-electron chi connectivity index (χ4n) is 2.72. The van der Waals surface area contributed by atoms with Crippen LogP contribution in [0, 0.1) is 0 Å². The first-order valence-electron chi connectivity index (χ1n) is 8.75. The van der Waals surface area contributed by atoms with Gasteiger partial charge in [0.2, 0.25) is 0 Å². The van der Waals surface area contributed by atoms with Crippen molar-refractivity contribution in [2.45, 2.75) is 13.1 Å². The number of nitrogens with one attached hydrogen (secondary N) is 1. The molecule has 2 aromatic carbocycles. The number of aromatic nitrogens is 4. The maximum Gasteiger partial charge on any atom is 0.346 e. The molecule has 0 amide bonds. The lowest BCUT2D eigenvalue weighted by atomic mass is 10.2. The highest BCUT2D eigenvalue weighted by atomic mass is 35.5. The molecule has 150 valence electrons. The lowest BCUT2D eigenvalue weighted by Gasteiger charge is -2.12. The van der Waals surface area contributed by atoms with Crippen LogP contribution in [-0.4, -0.2) is 27.3 Å². The SMILES string of the molecule is COc1cc(CNCc2ccco2)ccc1Oc1nnnn1-c1ccccc1.[Cl-]. The van der Waals surface area contributed by atoms with E-state index in [0.29, 0.717) is 24.6 Å². The number of benzene rings is 2. The van der Waals surface area contributed by atoms with Crippen molar-refractivity contribution >= 4 is 0 Å². The summed E-state index contributed by atoms with van der Waals surface area (Å²) in [7, 11) is 1.60. The third-order valence-electron chi connectivity index (χ3n) is 4.08. The minimum atomic E-state index is 0. The van der Waals surface area contributed by atoms with Crippen molar-refractivity contribution in [3.8, 4) is 23.2 Å². The molecule has 0 saturated heterocycles. The number of hydrogen-bond donors (Lipinski definition) is 1. The van der Waals surface area contributed by atoms with Crippen LogP contribution in [0.4, 0.5) is 0 Å². The summed E-state index contributed by atoms with van der Waals surface area (Å²) in [5.41, 5.74) is 1.86. The predicted octanol–water partition coefficient (Wildman–Crippen LogP) is 0.350. The number of hydrogen-bond acceptors (Lipinski definition) is 7. The first kappa shape index (κ1) is 20.4. The summed E-state index contributed by atoms with van der Waals surface area (Å²) < 4.78 is 18.2. The van der Waals surface area contributed by atoms with E-state index < -0.39 is 0 Å². The van der Waals surface area contributed by atoms with Gasteiger partial charge in [0.1, 0.15) is 5.76 Å². The first-order chi connectivity index (χ1) is 13.8. The maximum atomic E-state index is 5.91. The van der Waals surface area contributed by atoms with E-state index in [1.807, 2.05) is 60.7 Å². The molecule has 0 radical (unpaired) electrons. The Kier molecular flexibility index (Phi) is 6.83. The second-order valence-electron chi connectivity index (χ2n) is 5.98. The Hall–Kier alpha value is -3.36. The van der Waals surface area contributed by atoms with Crippen LogP contribution in [0.3, 0.4) is 0 Å². The summed E-state index contributed by atoms with van der Waals surface area (Å²) in [6.45, 7) is 1.32. The van der Waals surface area contributed by atoms with Crippen molar-refractivity contribution in [3.63, 3.8) is 0 Å². The molecule has 9 heteroatoms. The summed E-state index contributed by atoms with van der Waals surface area (Å²) in [5, 5.41) is 15.0. The van der Waals surface area contributed by atoms with Gasteiger partial charge in [-0.15, -0.1) is 0 Å². The molecule has 0 spiro atoms. The van der Waals surface area contributed by atoms with E-state index in [9.17, 15) is 0 Å². The average Bonchev–Trinajstić information content (AvgIpc) is 3.42. The molecule has 0 saturated carbocycles. The van der Waals surface area contributed by atoms with Crippen LogP contribution < -0.4 is 27.2 Å². The largest absolute Gasteiger partial charge is 1.00 e. The van der Waals surface area contributed by atoms with Gasteiger partial charge in [0, 0.05) is 6.54 Å². The van der Waals surface area contributed by atoms with Crippen LogP contribution in [0.5, 0.6) is 17.5 Å². The van der Waals surface area contributed by atoms with Gasteiger partial charge in [-0.05, 0) is 52.4 Å². The van der Waals surface area contributed by atoms with E-state index in [1.54, 1.807) is 13.4 Å². The third-order valence-corrected chi connectivity index (χ3v) is 4.08. The maximum absolute atomic E-state index is 5.91. The van der Waals surface area contributed by atoms with Crippen LogP contribution in [0.25, 0.3) is 5.69 Å². The molecule has 8 nitrogen and oxygen atoms in total. The van der Waals surface area contributed by atoms with Crippen molar-refractivity contribution < 1.29 is 26.3 Å². The smallest absolute Gasteiger partial charge is 0.346 e. The first-order valence-corrected chi connectivity index (χ1v) is 8.75. The van der Waals surface area contributed by atoms with E-state index in [-0.39, 0.29) is 18.4 Å².